The minimum absolute atomic E-state index is 0.106. The molecule has 0 saturated carbocycles. The number of rotatable bonds is 7. The molecule has 0 heterocycles. The Morgan fingerprint density at radius 3 is 2.00 bits per heavy atom. The number of benzene rings is 3. The fraction of sp³-hybridized carbons (Fsp3) is 0.136. The van der Waals surface area contributed by atoms with Crippen LogP contribution in [0.3, 0.4) is 0 Å². The van der Waals surface area contributed by atoms with Gasteiger partial charge in [-0.25, -0.2) is 0 Å². The zero-order valence-electron chi connectivity index (χ0n) is 15.7. The largest absolute Gasteiger partial charge is 0.493 e. The van der Waals surface area contributed by atoms with E-state index >= 15 is 0 Å². The molecule has 3 aromatic carbocycles. The van der Waals surface area contributed by atoms with Crippen molar-refractivity contribution in [3.8, 4) is 11.5 Å². The number of amides is 1. The van der Waals surface area contributed by atoms with Gasteiger partial charge in [-0.1, -0.05) is 17.7 Å². The summed E-state index contributed by atoms with van der Waals surface area (Å²) >= 11 is 5.89. The highest BCUT2D eigenvalue weighted by molar-refractivity contribution is 6.30. The Balaban J connectivity index is 1.59. The summed E-state index contributed by atoms with van der Waals surface area (Å²) in [5, 5.41) is 6.87. The maximum atomic E-state index is 12.3. The monoisotopic (exact) mass is 396 g/mol. The third-order valence-corrected chi connectivity index (χ3v) is 4.37. The van der Waals surface area contributed by atoms with E-state index in [1.54, 1.807) is 26.4 Å². The minimum Gasteiger partial charge on any atom is -0.493 e. The molecule has 0 aromatic heterocycles. The molecule has 3 rings (SSSR count). The van der Waals surface area contributed by atoms with Gasteiger partial charge in [0.15, 0.2) is 11.5 Å². The number of ether oxygens (including phenoxy) is 2. The van der Waals surface area contributed by atoms with Crippen molar-refractivity contribution in [3.63, 3.8) is 0 Å². The second-order valence-electron chi connectivity index (χ2n) is 6.12. The summed E-state index contributed by atoms with van der Waals surface area (Å²) < 4.78 is 10.5. The fourth-order valence-corrected chi connectivity index (χ4v) is 2.84. The van der Waals surface area contributed by atoms with Crippen LogP contribution in [-0.2, 0) is 11.2 Å². The molecule has 1 amide bonds. The molecule has 3 aromatic rings. The Morgan fingerprint density at radius 1 is 0.821 bits per heavy atom. The van der Waals surface area contributed by atoms with Crippen molar-refractivity contribution in [2.24, 2.45) is 0 Å². The highest BCUT2D eigenvalue weighted by Crippen LogP contribution is 2.28. The molecule has 144 valence electrons. The van der Waals surface area contributed by atoms with Crippen LogP contribution in [0.1, 0.15) is 5.56 Å². The molecule has 5 nitrogen and oxygen atoms in total. The molecule has 6 heteroatoms. The number of nitrogens with one attached hydrogen (secondary N) is 2. The molecule has 0 aliphatic heterocycles. The normalized spacial score (nSPS) is 10.2. The van der Waals surface area contributed by atoms with Crippen LogP contribution < -0.4 is 20.1 Å². The van der Waals surface area contributed by atoms with Gasteiger partial charge in [0.1, 0.15) is 0 Å². The number of hydrogen-bond donors (Lipinski definition) is 2. The lowest BCUT2D eigenvalue weighted by molar-refractivity contribution is -0.115. The van der Waals surface area contributed by atoms with Gasteiger partial charge in [-0.05, 0) is 66.2 Å². The molecule has 2 N–H and O–H groups in total. The quantitative estimate of drug-likeness (QED) is 0.570. The van der Waals surface area contributed by atoms with Crippen molar-refractivity contribution in [1.29, 1.82) is 0 Å². The second kappa shape index (κ2) is 9.15. The van der Waals surface area contributed by atoms with E-state index in [0.717, 1.165) is 22.6 Å². The van der Waals surface area contributed by atoms with Gasteiger partial charge in [-0.15, -0.1) is 0 Å². The predicted molar refractivity (Wildman–Crippen MR) is 113 cm³/mol. The highest BCUT2D eigenvalue weighted by Gasteiger charge is 2.09. The summed E-state index contributed by atoms with van der Waals surface area (Å²) in [5.41, 5.74) is 3.43. The van der Waals surface area contributed by atoms with E-state index in [2.05, 4.69) is 10.6 Å². The van der Waals surface area contributed by atoms with Gasteiger partial charge in [0, 0.05) is 22.1 Å². The van der Waals surface area contributed by atoms with Gasteiger partial charge >= 0.3 is 0 Å². The number of carbonyl (C=O) groups excluding carboxylic acids is 1. The van der Waals surface area contributed by atoms with Crippen molar-refractivity contribution in [2.75, 3.05) is 24.9 Å². The Kier molecular flexibility index (Phi) is 6.40. The van der Waals surface area contributed by atoms with Crippen molar-refractivity contribution in [3.05, 3.63) is 77.3 Å². The average Bonchev–Trinajstić information content (AvgIpc) is 2.71. The Bertz CT molecular complexity index is 941. The smallest absolute Gasteiger partial charge is 0.228 e. The van der Waals surface area contributed by atoms with Crippen LogP contribution in [-0.4, -0.2) is 20.1 Å². The minimum atomic E-state index is -0.106. The molecule has 28 heavy (non-hydrogen) atoms. The summed E-state index contributed by atoms with van der Waals surface area (Å²) in [7, 11) is 3.15. The molecule has 0 saturated heterocycles. The first-order chi connectivity index (χ1) is 13.6. The average molecular weight is 397 g/mol. The Labute approximate surface area is 169 Å². The molecule has 0 fully saturated rings. The zero-order valence-corrected chi connectivity index (χ0v) is 16.4. The van der Waals surface area contributed by atoms with E-state index in [9.17, 15) is 4.79 Å². The lowest BCUT2D eigenvalue weighted by Gasteiger charge is -2.11. The molecule has 0 atom stereocenters. The maximum Gasteiger partial charge on any atom is 0.228 e. The third kappa shape index (κ3) is 5.18. The van der Waals surface area contributed by atoms with E-state index in [0.29, 0.717) is 16.5 Å². The molecule has 0 aliphatic rings. The van der Waals surface area contributed by atoms with Crippen LogP contribution in [0.25, 0.3) is 0 Å². The van der Waals surface area contributed by atoms with Gasteiger partial charge in [-0.2, -0.15) is 0 Å². The van der Waals surface area contributed by atoms with Gasteiger partial charge in [0.05, 0.1) is 20.6 Å². The number of anilines is 3. The van der Waals surface area contributed by atoms with E-state index in [-0.39, 0.29) is 12.3 Å². The van der Waals surface area contributed by atoms with Crippen LogP contribution >= 0.6 is 11.6 Å². The standard InChI is InChI=1S/C22H21ClN2O3/c1-27-20-12-3-15(13-21(20)28-2)14-22(26)25-19-10-8-18(9-11-19)24-17-6-4-16(23)5-7-17/h3-13,24H,14H2,1-2H3,(H,25,26). The summed E-state index contributed by atoms with van der Waals surface area (Å²) in [6, 6.07) is 20.4. The van der Waals surface area contributed by atoms with Crippen LogP contribution in [0, 0.1) is 0 Å². The molecule has 0 spiro atoms. The van der Waals surface area contributed by atoms with E-state index in [4.69, 9.17) is 21.1 Å². The Morgan fingerprint density at radius 2 is 1.39 bits per heavy atom. The first kappa shape index (κ1) is 19.6. The molecule has 0 unspecified atom stereocenters. The summed E-state index contributed by atoms with van der Waals surface area (Å²) in [4.78, 5) is 12.3. The first-order valence-corrected chi connectivity index (χ1v) is 9.08. The van der Waals surface area contributed by atoms with Crippen LogP contribution in [0.2, 0.25) is 5.02 Å². The molecule has 0 radical (unpaired) electrons. The molecule has 0 aliphatic carbocycles. The van der Waals surface area contributed by atoms with Gasteiger partial charge in [0.2, 0.25) is 5.91 Å². The van der Waals surface area contributed by atoms with E-state index < -0.39 is 0 Å². The number of halogens is 1. The maximum absolute atomic E-state index is 12.3. The zero-order chi connectivity index (χ0) is 19.9. The van der Waals surface area contributed by atoms with Crippen LogP contribution in [0.15, 0.2) is 66.7 Å². The van der Waals surface area contributed by atoms with Crippen molar-refractivity contribution in [2.45, 2.75) is 6.42 Å². The lowest BCUT2D eigenvalue weighted by Crippen LogP contribution is -2.14. The SMILES string of the molecule is COc1ccc(CC(=O)Nc2ccc(Nc3ccc(Cl)cc3)cc2)cc1OC. The summed E-state index contributed by atoms with van der Waals surface area (Å²) in [5.74, 6) is 1.13. The van der Waals surface area contributed by atoms with Crippen molar-refractivity contribution >= 4 is 34.6 Å². The highest BCUT2D eigenvalue weighted by atomic mass is 35.5. The molecular formula is C22H21ClN2O3. The number of carbonyl (C=O) groups is 1. The first-order valence-electron chi connectivity index (χ1n) is 8.71. The van der Waals surface area contributed by atoms with Crippen LogP contribution in [0.5, 0.6) is 11.5 Å². The predicted octanol–water partition coefficient (Wildman–Crippen LogP) is 5.28. The van der Waals surface area contributed by atoms with Gasteiger partial charge in [0.25, 0.3) is 0 Å². The molecular weight excluding hydrogens is 376 g/mol. The lowest BCUT2D eigenvalue weighted by atomic mass is 10.1. The van der Waals surface area contributed by atoms with Gasteiger partial charge < -0.3 is 20.1 Å². The van der Waals surface area contributed by atoms with Crippen molar-refractivity contribution < 1.29 is 14.3 Å². The number of hydrogen-bond acceptors (Lipinski definition) is 4. The fourth-order valence-electron chi connectivity index (χ4n) is 2.72. The van der Waals surface area contributed by atoms with E-state index in [1.807, 2.05) is 54.6 Å². The summed E-state index contributed by atoms with van der Waals surface area (Å²) in [6.07, 6.45) is 0.241. The van der Waals surface area contributed by atoms with Gasteiger partial charge in [-0.3, -0.25) is 4.79 Å². The van der Waals surface area contributed by atoms with Crippen LogP contribution in [0.4, 0.5) is 17.1 Å². The topological polar surface area (TPSA) is 59.6 Å². The summed E-state index contributed by atoms with van der Waals surface area (Å²) in [6.45, 7) is 0. The third-order valence-electron chi connectivity index (χ3n) is 4.11. The van der Waals surface area contributed by atoms with Crippen molar-refractivity contribution in [1.82, 2.24) is 0 Å². The second-order valence-corrected chi connectivity index (χ2v) is 6.56. The Hall–Kier alpha value is -3.18. The molecule has 0 bridgehead atoms. The van der Waals surface area contributed by atoms with E-state index in [1.165, 1.54) is 0 Å². The number of methoxy groups -OCH3 is 2.